The lowest BCUT2D eigenvalue weighted by Crippen LogP contribution is -2.54. The first-order chi connectivity index (χ1) is 18.7. The largest absolute Gasteiger partial charge is 0.379 e. The smallest absolute Gasteiger partial charge is 0.331 e. The number of oxime groups is 1. The van der Waals surface area contributed by atoms with Crippen molar-refractivity contribution in [3.05, 3.63) is 59.7 Å². The highest BCUT2D eigenvalue weighted by atomic mass is 32.2. The topological polar surface area (TPSA) is 85.3 Å². The van der Waals surface area contributed by atoms with Crippen LogP contribution >= 0.6 is 11.8 Å². The van der Waals surface area contributed by atoms with Crippen LogP contribution in [0, 0.1) is 5.92 Å². The molecule has 0 spiro atoms. The van der Waals surface area contributed by atoms with Crippen LogP contribution in [-0.2, 0) is 14.4 Å². The molecule has 1 aliphatic carbocycles. The van der Waals surface area contributed by atoms with Gasteiger partial charge in [0.1, 0.15) is 5.71 Å². The number of Topliss-reactive ketones (excluding diaryl/α,β-unsaturated/α-hetero) is 2. The molecule has 2 aromatic rings. The van der Waals surface area contributed by atoms with Crippen molar-refractivity contribution in [2.45, 2.75) is 74.6 Å². The molecule has 0 radical (unpaired) electrons. The Morgan fingerprint density at radius 3 is 2.05 bits per heavy atom. The van der Waals surface area contributed by atoms with Crippen LogP contribution in [0.3, 0.4) is 0 Å². The first-order valence-corrected chi connectivity index (χ1v) is 14.6. The third kappa shape index (κ3) is 7.87. The van der Waals surface area contributed by atoms with Crippen molar-refractivity contribution in [1.29, 1.82) is 0 Å². The second kappa shape index (κ2) is 13.5. The Balaban J connectivity index is 1.40. The molecule has 0 atom stereocenters. The lowest BCUT2D eigenvalue weighted by atomic mass is 9.84. The van der Waals surface area contributed by atoms with Crippen LogP contribution < -0.4 is 0 Å². The van der Waals surface area contributed by atoms with E-state index in [9.17, 15) is 14.4 Å². The SMILES string of the molecule is CC(=O)O/N=C(\CC1CCCCC1)C(=O)c1ccc(Sc2ccc(C(=O)C(C)(C)N3CCOCC3)cc2)cc1. The Bertz CT molecular complexity index is 1180. The zero-order valence-corrected chi connectivity index (χ0v) is 23.9. The fourth-order valence-corrected chi connectivity index (χ4v) is 6.04. The number of benzene rings is 2. The zero-order valence-electron chi connectivity index (χ0n) is 23.1. The Morgan fingerprint density at radius 2 is 1.49 bits per heavy atom. The van der Waals surface area contributed by atoms with Crippen molar-refractivity contribution < 1.29 is 24.0 Å². The van der Waals surface area contributed by atoms with Gasteiger partial charge in [0.05, 0.1) is 18.8 Å². The van der Waals surface area contributed by atoms with Gasteiger partial charge in [-0.15, -0.1) is 0 Å². The summed E-state index contributed by atoms with van der Waals surface area (Å²) >= 11 is 1.57. The number of ketones is 2. The van der Waals surface area contributed by atoms with Crippen LogP contribution in [0.5, 0.6) is 0 Å². The molecule has 2 aliphatic rings. The highest BCUT2D eigenvalue weighted by molar-refractivity contribution is 7.99. The monoisotopic (exact) mass is 550 g/mol. The lowest BCUT2D eigenvalue weighted by molar-refractivity contribution is -0.140. The molecular formula is C31H38N2O5S. The average Bonchev–Trinajstić information content (AvgIpc) is 2.96. The third-order valence-corrected chi connectivity index (χ3v) is 8.60. The van der Waals surface area contributed by atoms with Crippen molar-refractivity contribution >= 4 is 35.0 Å². The minimum absolute atomic E-state index is 0.100. The van der Waals surface area contributed by atoms with Gasteiger partial charge in [-0.2, -0.15) is 0 Å². The van der Waals surface area contributed by atoms with Gasteiger partial charge in [-0.05, 0) is 62.6 Å². The number of carbonyl (C=O) groups excluding carboxylic acids is 3. The van der Waals surface area contributed by atoms with Gasteiger partial charge >= 0.3 is 5.97 Å². The summed E-state index contributed by atoms with van der Waals surface area (Å²) in [6, 6.07) is 15.1. The first-order valence-electron chi connectivity index (χ1n) is 13.8. The molecule has 208 valence electrons. The van der Waals surface area contributed by atoms with E-state index in [-0.39, 0.29) is 11.6 Å². The molecule has 7 nitrogen and oxygen atoms in total. The molecule has 0 aromatic heterocycles. The van der Waals surface area contributed by atoms with Crippen molar-refractivity contribution in [1.82, 2.24) is 4.90 Å². The molecule has 39 heavy (non-hydrogen) atoms. The summed E-state index contributed by atoms with van der Waals surface area (Å²) in [5, 5.41) is 3.93. The number of nitrogens with zero attached hydrogens (tertiary/aromatic N) is 2. The fraction of sp³-hybridized carbons (Fsp3) is 0.484. The number of hydrogen-bond donors (Lipinski definition) is 0. The Morgan fingerprint density at radius 1 is 0.923 bits per heavy atom. The van der Waals surface area contributed by atoms with E-state index in [1.807, 2.05) is 50.2 Å². The van der Waals surface area contributed by atoms with Crippen LogP contribution in [0.4, 0.5) is 0 Å². The molecule has 0 N–H and O–H groups in total. The Labute approximate surface area is 235 Å². The first kappa shape index (κ1) is 29.2. The molecule has 0 unspecified atom stereocenters. The van der Waals surface area contributed by atoms with Crippen molar-refractivity contribution in [2.75, 3.05) is 26.3 Å². The van der Waals surface area contributed by atoms with Crippen molar-refractivity contribution in [2.24, 2.45) is 11.1 Å². The van der Waals surface area contributed by atoms with Crippen LogP contribution in [0.2, 0.25) is 0 Å². The normalized spacial score (nSPS) is 17.6. The summed E-state index contributed by atoms with van der Waals surface area (Å²) in [5.74, 6) is -0.249. The minimum atomic E-state index is -0.588. The molecule has 1 heterocycles. The van der Waals surface area contributed by atoms with E-state index in [4.69, 9.17) is 9.57 Å². The molecule has 4 rings (SSSR count). The third-order valence-electron chi connectivity index (χ3n) is 7.58. The molecule has 1 aliphatic heterocycles. The van der Waals surface area contributed by atoms with Crippen molar-refractivity contribution in [3.8, 4) is 0 Å². The van der Waals surface area contributed by atoms with Gasteiger partial charge in [0, 0.05) is 40.9 Å². The molecule has 2 fully saturated rings. The molecule has 0 bridgehead atoms. The average molecular weight is 551 g/mol. The number of hydrogen-bond acceptors (Lipinski definition) is 8. The minimum Gasteiger partial charge on any atom is -0.379 e. The number of carbonyl (C=O) groups is 3. The van der Waals surface area contributed by atoms with Gasteiger partial charge in [-0.25, -0.2) is 4.79 Å². The van der Waals surface area contributed by atoms with E-state index in [1.54, 1.807) is 23.9 Å². The lowest BCUT2D eigenvalue weighted by Gasteiger charge is -2.39. The van der Waals surface area contributed by atoms with Crippen LogP contribution in [0.25, 0.3) is 0 Å². The summed E-state index contributed by atoms with van der Waals surface area (Å²) < 4.78 is 5.44. The highest BCUT2D eigenvalue weighted by Gasteiger charge is 2.35. The van der Waals surface area contributed by atoms with Gasteiger partial charge < -0.3 is 9.57 Å². The Kier molecular flexibility index (Phi) is 10.1. The van der Waals surface area contributed by atoms with Gasteiger partial charge in [0.2, 0.25) is 5.78 Å². The fourth-order valence-electron chi connectivity index (χ4n) is 5.23. The number of morpholine rings is 1. The summed E-state index contributed by atoms with van der Waals surface area (Å²) in [4.78, 5) is 46.8. The molecule has 2 aromatic carbocycles. The number of rotatable bonds is 10. The zero-order chi connectivity index (χ0) is 27.8. The van der Waals surface area contributed by atoms with Gasteiger partial charge in [-0.3, -0.25) is 14.5 Å². The maximum Gasteiger partial charge on any atom is 0.331 e. The van der Waals surface area contributed by atoms with E-state index >= 15 is 0 Å². The second-order valence-corrected chi connectivity index (χ2v) is 11.9. The maximum atomic E-state index is 13.2. The van der Waals surface area contributed by atoms with Gasteiger partial charge in [0.25, 0.3) is 0 Å². The molecular weight excluding hydrogens is 512 g/mol. The van der Waals surface area contributed by atoms with Gasteiger partial charge in [0.15, 0.2) is 5.78 Å². The summed E-state index contributed by atoms with van der Waals surface area (Å²) in [7, 11) is 0. The van der Waals surface area contributed by atoms with E-state index < -0.39 is 11.5 Å². The Hall–Kier alpha value is -2.81. The van der Waals surface area contributed by atoms with E-state index in [2.05, 4.69) is 10.1 Å². The van der Waals surface area contributed by atoms with E-state index in [0.717, 1.165) is 48.6 Å². The van der Waals surface area contributed by atoms with Crippen LogP contribution in [0.15, 0.2) is 63.5 Å². The predicted octanol–water partition coefficient (Wildman–Crippen LogP) is 6.20. The highest BCUT2D eigenvalue weighted by Crippen LogP contribution is 2.31. The summed E-state index contributed by atoms with van der Waals surface area (Å²) in [6.45, 7) is 8.04. The predicted molar refractivity (Wildman–Crippen MR) is 153 cm³/mol. The van der Waals surface area contributed by atoms with Gasteiger partial charge in [-0.1, -0.05) is 61.2 Å². The summed E-state index contributed by atoms with van der Waals surface area (Å²) in [5.41, 5.74) is 0.926. The van der Waals surface area contributed by atoms with Crippen molar-refractivity contribution in [3.63, 3.8) is 0 Å². The second-order valence-electron chi connectivity index (χ2n) is 10.8. The van der Waals surface area contributed by atoms with E-state index in [0.29, 0.717) is 42.4 Å². The molecule has 0 amide bonds. The molecule has 1 saturated heterocycles. The molecule has 1 saturated carbocycles. The summed E-state index contributed by atoms with van der Waals surface area (Å²) in [6.07, 6.45) is 6.20. The van der Waals surface area contributed by atoms with Crippen LogP contribution in [0.1, 0.15) is 80.0 Å². The number of ether oxygens (including phenoxy) is 1. The quantitative estimate of drug-likeness (QED) is 0.151. The van der Waals surface area contributed by atoms with Crippen LogP contribution in [-0.4, -0.2) is 60.0 Å². The van der Waals surface area contributed by atoms with E-state index in [1.165, 1.54) is 13.3 Å². The maximum absolute atomic E-state index is 13.2. The standard InChI is InChI=1S/C31H38N2O5S/c1-22(34)38-32-28(21-23-7-5-4-6-8-23)29(35)24-9-13-26(14-10-24)39-27-15-11-25(12-16-27)30(36)31(2,3)33-17-19-37-20-18-33/h9-16,23H,4-8,17-21H2,1-3H3/b32-28+. The molecule has 8 heteroatoms.